The van der Waals surface area contributed by atoms with E-state index in [4.69, 9.17) is 0 Å². The number of amides is 1. The fraction of sp³-hybridized carbons (Fsp3) is 0.0588. The Bertz CT molecular complexity index is 1070. The molecule has 126 valence electrons. The minimum Gasteiger partial charge on any atom is -0.312 e. The Kier molecular flexibility index (Phi) is 4.91. The van der Waals surface area contributed by atoms with Crippen LogP contribution in [0, 0.1) is 10.1 Å². The highest BCUT2D eigenvalue weighted by Gasteiger charge is 2.13. The monoisotopic (exact) mass is 417 g/mol. The molecule has 25 heavy (non-hydrogen) atoms. The molecule has 0 aliphatic rings. The number of halogens is 1. The number of non-ortho nitro benzene ring substituents is 1. The summed E-state index contributed by atoms with van der Waals surface area (Å²) in [6, 6.07) is 11.6. The summed E-state index contributed by atoms with van der Waals surface area (Å²) >= 11 is 4.58. The fourth-order valence-corrected chi connectivity index (χ4v) is 3.87. The van der Waals surface area contributed by atoms with Crippen molar-refractivity contribution in [2.75, 3.05) is 0 Å². The summed E-state index contributed by atoms with van der Waals surface area (Å²) in [7, 11) is 0. The van der Waals surface area contributed by atoms with Gasteiger partial charge in [-0.2, -0.15) is 4.99 Å². The molecule has 0 aliphatic carbocycles. The van der Waals surface area contributed by atoms with Crippen LogP contribution in [0.5, 0.6) is 0 Å². The molecule has 3 aromatic rings. The summed E-state index contributed by atoms with van der Waals surface area (Å²) in [6.07, 6.45) is 1.69. The quantitative estimate of drug-likeness (QED) is 0.360. The lowest BCUT2D eigenvalue weighted by Crippen LogP contribution is -2.16. The lowest BCUT2D eigenvalue weighted by molar-refractivity contribution is -0.384. The first-order valence-corrected chi connectivity index (χ1v) is 8.84. The van der Waals surface area contributed by atoms with Crippen molar-refractivity contribution in [3.63, 3.8) is 0 Å². The molecule has 0 radical (unpaired) electrons. The number of carbonyl (C=O) groups is 1. The van der Waals surface area contributed by atoms with Gasteiger partial charge in [0.2, 0.25) is 0 Å². The Hall–Kier alpha value is -2.58. The zero-order chi connectivity index (χ0) is 18.0. The van der Waals surface area contributed by atoms with Crippen LogP contribution in [0.2, 0.25) is 0 Å². The molecule has 0 N–H and O–H groups in total. The van der Waals surface area contributed by atoms with Gasteiger partial charge >= 0.3 is 0 Å². The molecular formula is C17H12BrN3O3S. The van der Waals surface area contributed by atoms with Crippen LogP contribution in [0.1, 0.15) is 10.4 Å². The molecule has 0 fully saturated rings. The van der Waals surface area contributed by atoms with E-state index in [2.05, 4.69) is 27.5 Å². The van der Waals surface area contributed by atoms with Gasteiger partial charge in [0, 0.05) is 23.2 Å². The summed E-state index contributed by atoms with van der Waals surface area (Å²) in [4.78, 5) is 27.7. The zero-order valence-corrected chi connectivity index (χ0v) is 15.3. The van der Waals surface area contributed by atoms with E-state index in [-0.39, 0.29) is 11.6 Å². The van der Waals surface area contributed by atoms with Gasteiger partial charge in [-0.1, -0.05) is 29.5 Å². The molecule has 6 nitrogen and oxygen atoms in total. The molecule has 0 saturated carbocycles. The van der Waals surface area contributed by atoms with Crippen LogP contribution in [0.15, 0.2) is 64.6 Å². The van der Waals surface area contributed by atoms with Crippen molar-refractivity contribution in [1.82, 2.24) is 4.57 Å². The average Bonchev–Trinajstić information content (AvgIpc) is 2.92. The maximum Gasteiger partial charge on any atom is 0.280 e. The molecule has 3 rings (SSSR count). The van der Waals surface area contributed by atoms with Crippen molar-refractivity contribution in [2.45, 2.75) is 6.54 Å². The number of thiazole rings is 1. The number of hydrogen-bond donors (Lipinski definition) is 0. The van der Waals surface area contributed by atoms with E-state index in [9.17, 15) is 14.9 Å². The minimum absolute atomic E-state index is 0.00295. The summed E-state index contributed by atoms with van der Waals surface area (Å²) in [5, 5.41) is 11.0. The lowest BCUT2D eigenvalue weighted by atomic mass is 10.2. The molecule has 0 spiro atoms. The van der Waals surface area contributed by atoms with E-state index >= 15 is 0 Å². The number of nitrogens with zero attached hydrogens (tertiary/aromatic N) is 3. The van der Waals surface area contributed by atoms with E-state index in [1.807, 2.05) is 10.6 Å². The van der Waals surface area contributed by atoms with Crippen LogP contribution in [0.4, 0.5) is 5.69 Å². The van der Waals surface area contributed by atoms with Crippen molar-refractivity contribution in [3.8, 4) is 0 Å². The van der Waals surface area contributed by atoms with Gasteiger partial charge in [0.25, 0.3) is 11.6 Å². The molecular weight excluding hydrogens is 406 g/mol. The highest BCUT2D eigenvalue weighted by atomic mass is 79.9. The highest BCUT2D eigenvalue weighted by molar-refractivity contribution is 9.10. The summed E-state index contributed by atoms with van der Waals surface area (Å²) in [5.41, 5.74) is 1.23. The number of benzene rings is 2. The third-order valence-corrected chi connectivity index (χ3v) is 5.22. The molecule has 0 unspecified atom stereocenters. The summed E-state index contributed by atoms with van der Waals surface area (Å²) in [6.45, 7) is 4.17. The van der Waals surface area contributed by atoms with E-state index < -0.39 is 4.92 Å². The molecule has 1 heterocycles. The number of hydrogen-bond acceptors (Lipinski definition) is 4. The van der Waals surface area contributed by atoms with E-state index in [1.165, 1.54) is 23.5 Å². The molecule has 1 aromatic heterocycles. The van der Waals surface area contributed by atoms with Gasteiger partial charge in [0.15, 0.2) is 4.80 Å². The van der Waals surface area contributed by atoms with Gasteiger partial charge in [-0.3, -0.25) is 14.9 Å². The van der Waals surface area contributed by atoms with Crippen LogP contribution in [0.3, 0.4) is 0 Å². The Morgan fingerprint density at radius 2 is 2.12 bits per heavy atom. The first-order valence-electron chi connectivity index (χ1n) is 7.23. The Labute approximate surface area is 155 Å². The van der Waals surface area contributed by atoms with Crippen LogP contribution in [0.25, 0.3) is 10.2 Å². The predicted molar refractivity (Wildman–Crippen MR) is 101 cm³/mol. The number of nitro groups is 1. The molecule has 0 bridgehead atoms. The van der Waals surface area contributed by atoms with Crippen molar-refractivity contribution in [2.24, 2.45) is 4.99 Å². The van der Waals surface area contributed by atoms with Crippen LogP contribution in [-0.4, -0.2) is 15.4 Å². The average molecular weight is 418 g/mol. The third-order valence-electron chi connectivity index (χ3n) is 3.49. The van der Waals surface area contributed by atoms with Crippen LogP contribution in [-0.2, 0) is 6.54 Å². The first kappa shape index (κ1) is 17.2. The first-order chi connectivity index (χ1) is 12.0. The Morgan fingerprint density at radius 3 is 2.80 bits per heavy atom. The van der Waals surface area contributed by atoms with Crippen LogP contribution >= 0.6 is 27.3 Å². The molecule has 0 aliphatic heterocycles. The second kappa shape index (κ2) is 7.12. The fourth-order valence-electron chi connectivity index (χ4n) is 2.35. The van der Waals surface area contributed by atoms with E-state index in [1.54, 1.807) is 30.3 Å². The normalized spacial score (nSPS) is 11.6. The SMILES string of the molecule is C=CCn1c(=NC(=O)c2ccccc2Br)sc2cc([N+](=O)[O-])ccc21. The number of rotatable bonds is 4. The molecule has 1 amide bonds. The third kappa shape index (κ3) is 3.45. The maximum absolute atomic E-state index is 12.5. The molecule has 0 saturated heterocycles. The van der Waals surface area contributed by atoms with Crippen molar-refractivity contribution in [1.29, 1.82) is 0 Å². The number of carbonyl (C=O) groups excluding carboxylic acids is 1. The molecule has 8 heteroatoms. The second-order valence-corrected chi connectivity index (χ2v) is 6.95. The van der Waals surface area contributed by atoms with E-state index in [0.29, 0.717) is 26.1 Å². The molecule has 0 atom stereocenters. The van der Waals surface area contributed by atoms with Gasteiger partial charge in [-0.05, 0) is 34.1 Å². The maximum atomic E-state index is 12.5. The largest absolute Gasteiger partial charge is 0.312 e. The number of aromatic nitrogens is 1. The van der Waals surface area contributed by atoms with Crippen LogP contribution < -0.4 is 4.80 Å². The smallest absolute Gasteiger partial charge is 0.280 e. The van der Waals surface area contributed by atoms with Crippen molar-refractivity contribution in [3.05, 3.63) is 80.1 Å². The second-order valence-electron chi connectivity index (χ2n) is 5.09. The summed E-state index contributed by atoms with van der Waals surface area (Å²) < 4.78 is 3.16. The Balaban J connectivity index is 2.18. The standard InChI is InChI=1S/C17H12BrN3O3S/c1-2-9-20-14-8-7-11(21(23)24)10-15(14)25-17(20)19-16(22)12-5-3-4-6-13(12)18/h2-8,10H,1,9H2. The van der Waals surface area contributed by atoms with Gasteiger partial charge in [0.1, 0.15) is 0 Å². The Morgan fingerprint density at radius 1 is 1.36 bits per heavy atom. The van der Waals surface area contributed by atoms with Crippen molar-refractivity contribution >= 4 is 49.1 Å². The highest BCUT2D eigenvalue weighted by Crippen LogP contribution is 2.23. The van der Waals surface area contributed by atoms with Crippen molar-refractivity contribution < 1.29 is 9.72 Å². The van der Waals surface area contributed by atoms with Gasteiger partial charge in [0.05, 0.1) is 20.7 Å². The lowest BCUT2D eigenvalue weighted by Gasteiger charge is -2.01. The van der Waals surface area contributed by atoms with Gasteiger partial charge in [-0.15, -0.1) is 6.58 Å². The van der Waals surface area contributed by atoms with Gasteiger partial charge < -0.3 is 4.57 Å². The number of nitro benzene ring substituents is 1. The van der Waals surface area contributed by atoms with E-state index in [0.717, 1.165) is 5.52 Å². The summed E-state index contributed by atoms with van der Waals surface area (Å²) in [5.74, 6) is -0.383. The number of fused-ring (bicyclic) bond motifs is 1. The minimum atomic E-state index is -0.444. The zero-order valence-electron chi connectivity index (χ0n) is 12.9. The van der Waals surface area contributed by atoms with Gasteiger partial charge in [-0.25, -0.2) is 0 Å². The predicted octanol–water partition coefficient (Wildman–Crippen LogP) is 4.30. The molecule has 2 aromatic carbocycles. The number of allylic oxidation sites excluding steroid dienone is 1. The topological polar surface area (TPSA) is 77.5 Å².